The van der Waals surface area contributed by atoms with Crippen molar-refractivity contribution in [3.05, 3.63) is 23.0 Å². The second-order valence-corrected chi connectivity index (χ2v) is 4.78. The Morgan fingerprint density at radius 1 is 1.65 bits per heavy atom. The minimum Gasteiger partial charge on any atom is -0.567 e. The Bertz CT molecular complexity index is 464. The lowest BCUT2D eigenvalue weighted by Gasteiger charge is -2.12. The van der Waals surface area contributed by atoms with Crippen molar-refractivity contribution in [1.29, 1.82) is 0 Å². The largest absolute Gasteiger partial charge is 0.567 e. The van der Waals surface area contributed by atoms with Gasteiger partial charge in [0.05, 0.1) is 24.3 Å². The second kappa shape index (κ2) is 8.24. The van der Waals surface area contributed by atoms with Crippen LogP contribution in [0.3, 0.4) is 0 Å². The van der Waals surface area contributed by atoms with Crippen LogP contribution in [0.15, 0.2) is 6.20 Å². The first-order valence-electron chi connectivity index (χ1n) is 6.26. The van der Waals surface area contributed by atoms with Gasteiger partial charge >= 0.3 is 8.25 Å². The van der Waals surface area contributed by atoms with E-state index in [2.05, 4.69) is 11.9 Å². The smallest absolute Gasteiger partial charge is 0.485 e. The zero-order chi connectivity index (χ0) is 15.1. The van der Waals surface area contributed by atoms with Gasteiger partial charge in [0.2, 0.25) is 5.69 Å². The molecule has 0 radical (unpaired) electrons. The number of nitrogens with one attached hydrogen (secondary N) is 1. The number of pyridine rings is 1. The van der Waals surface area contributed by atoms with Gasteiger partial charge in [-0.3, -0.25) is 0 Å². The highest BCUT2D eigenvalue weighted by Crippen LogP contribution is 2.37. The second-order valence-electron chi connectivity index (χ2n) is 4.31. The molecule has 3 N–H and O–H groups in total. The van der Waals surface area contributed by atoms with E-state index in [1.807, 2.05) is 13.1 Å². The molecule has 1 aromatic heterocycles. The summed E-state index contributed by atoms with van der Waals surface area (Å²) >= 11 is 0. The molecule has 2 atom stereocenters. The summed E-state index contributed by atoms with van der Waals surface area (Å²) in [5.41, 5.74) is 2.50. The van der Waals surface area contributed by atoms with E-state index < -0.39 is 14.5 Å². The van der Waals surface area contributed by atoms with Gasteiger partial charge in [-0.1, -0.05) is 13.3 Å². The average Bonchev–Trinajstić information content (AvgIpc) is 2.78. The maximum absolute atomic E-state index is 9.95. The third-order valence-electron chi connectivity index (χ3n) is 2.81. The first kappa shape index (κ1) is 16.9. The molecule has 8 heteroatoms. The number of aryl methyl sites for hydroxylation is 1. The SMILES string of the molecule is CCCCOC1OCc2c[nH+]c(C)c(O)c21.O=[P+]([O-])O. The highest BCUT2D eigenvalue weighted by Gasteiger charge is 2.31. The predicted molar refractivity (Wildman–Crippen MR) is 67.6 cm³/mol. The highest BCUT2D eigenvalue weighted by atomic mass is 31.1. The normalized spacial score (nSPS) is 17.2. The van der Waals surface area contributed by atoms with E-state index in [4.69, 9.17) is 23.8 Å². The Hall–Kier alpha value is -1.11. The first-order chi connectivity index (χ1) is 9.47. The van der Waals surface area contributed by atoms with E-state index in [0.29, 0.717) is 13.2 Å². The number of rotatable bonds is 4. The third kappa shape index (κ3) is 4.77. The van der Waals surface area contributed by atoms with E-state index in [0.717, 1.165) is 29.7 Å². The fraction of sp³-hybridized carbons (Fsp3) is 0.583. The van der Waals surface area contributed by atoms with Crippen molar-refractivity contribution in [2.75, 3.05) is 6.61 Å². The molecule has 0 aliphatic carbocycles. The predicted octanol–water partition coefficient (Wildman–Crippen LogP) is 0.857. The molecule has 0 saturated carbocycles. The molecule has 2 heterocycles. The number of fused-ring (bicyclic) bond motifs is 1. The molecular formula is C12H19NO6P+. The number of aromatic nitrogens is 1. The van der Waals surface area contributed by atoms with Gasteiger partial charge in [-0.25, -0.2) is 4.98 Å². The van der Waals surface area contributed by atoms with Crippen LogP contribution in [0.1, 0.15) is 42.9 Å². The molecule has 7 nitrogen and oxygen atoms in total. The van der Waals surface area contributed by atoms with Crippen LogP contribution in [0.4, 0.5) is 0 Å². The number of ether oxygens (including phenoxy) is 2. The van der Waals surface area contributed by atoms with E-state index in [1.165, 1.54) is 0 Å². The minimum atomic E-state index is -3.12. The average molecular weight is 304 g/mol. The van der Waals surface area contributed by atoms with Gasteiger partial charge in [0.1, 0.15) is 0 Å². The maximum atomic E-state index is 9.95. The molecule has 1 aliphatic rings. The zero-order valence-corrected chi connectivity index (χ0v) is 12.4. The quantitative estimate of drug-likeness (QED) is 0.630. The standard InChI is InChI=1S/C12H17NO3.HO3P/c1-3-4-5-15-12-10-9(7-16-12)6-13-8(2)11(10)14;1-4(2)3/h6,12,14H,3-5,7H2,1-2H3;(H,1,2,3)/p+1. The topological polar surface area (TPSA) is 113 Å². The van der Waals surface area contributed by atoms with Gasteiger partial charge in [0, 0.05) is 6.92 Å². The van der Waals surface area contributed by atoms with E-state index >= 15 is 0 Å². The van der Waals surface area contributed by atoms with Crippen molar-refractivity contribution >= 4 is 8.25 Å². The summed E-state index contributed by atoms with van der Waals surface area (Å²) < 4.78 is 19.7. The number of aromatic hydroxyl groups is 1. The van der Waals surface area contributed by atoms with Crippen LogP contribution in [0.2, 0.25) is 0 Å². The maximum Gasteiger partial charge on any atom is 0.485 e. The molecule has 1 aliphatic heterocycles. The Labute approximate surface area is 118 Å². The molecule has 0 aromatic carbocycles. The molecule has 0 spiro atoms. The lowest BCUT2D eigenvalue weighted by Crippen LogP contribution is -2.11. The van der Waals surface area contributed by atoms with E-state index in [1.54, 1.807) is 0 Å². The van der Waals surface area contributed by atoms with Crippen LogP contribution in [-0.2, 0) is 20.6 Å². The zero-order valence-electron chi connectivity index (χ0n) is 11.5. The van der Waals surface area contributed by atoms with Crippen molar-refractivity contribution in [2.24, 2.45) is 0 Å². The monoisotopic (exact) mass is 304 g/mol. The first-order valence-corrected chi connectivity index (χ1v) is 7.39. The van der Waals surface area contributed by atoms with Crippen molar-refractivity contribution in [3.8, 4) is 5.75 Å². The molecule has 0 fully saturated rings. The molecule has 20 heavy (non-hydrogen) atoms. The van der Waals surface area contributed by atoms with E-state index in [-0.39, 0.29) is 5.75 Å². The van der Waals surface area contributed by atoms with Gasteiger partial charge in [0.25, 0.3) is 0 Å². The summed E-state index contributed by atoms with van der Waals surface area (Å²) in [6, 6.07) is 0. The number of H-pyrrole nitrogens is 1. The summed E-state index contributed by atoms with van der Waals surface area (Å²) in [6.07, 6.45) is 3.56. The summed E-state index contributed by atoms with van der Waals surface area (Å²) in [5, 5.41) is 9.95. The van der Waals surface area contributed by atoms with Crippen molar-refractivity contribution in [1.82, 2.24) is 0 Å². The van der Waals surface area contributed by atoms with Gasteiger partial charge < -0.3 is 19.5 Å². The fourth-order valence-electron chi connectivity index (χ4n) is 1.79. The summed E-state index contributed by atoms with van der Waals surface area (Å²) in [7, 11) is -3.12. The van der Waals surface area contributed by atoms with Gasteiger partial charge in [-0.15, -0.1) is 0 Å². The van der Waals surface area contributed by atoms with Crippen LogP contribution in [0.5, 0.6) is 5.75 Å². The fourth-order valence-corrected chi connectivity index (χ4v) is 1.79. The van der Waals surface area contributed by atoms with Crippen LogP contribution in [-0.4, -0.2) is 16.6 Å². The van der Waals surface area contributed by atoms with Crippen LogP contribution >= 0.6 is 8.25 Å². The molecule has 0 bridgehead atoms. The molecule has 0 amide bonds. The summed E-state index contributed by atoms with van der Waals surface area (Å²) in [5.74, 6) is 0.261. The van der Waals surface area contributed by atoms with Gasteiger partial charge in [0.15, 0.2) is 18.2 Å². The summed E-state index contributed by atoms with van der Waals surface area (Å²) in [4.78, 5) is 18.6. The Morgan fingerprint density at radius 2 is 2.30 bits per heavy atom. The van der Waals surface area contributed by atoms with Crippen LogP contribution in [0, 0.1) is 6.92 Å². The Kier molecular flexibility index (Phi) is 6.98. The number of hydrogen-bond acceptors (Lipinski definition) is 5. The molecule has 1 aromatic rings. The Balaban J connectivity index is 0.000000444. The number of aromatic amines is 1. The number of hydrogen-bond donors (Lipinski definition) is 2. The van der Waals surface area contributed by atoms with E-state index in [9.17, 15) is 5.11 Å². The lowest BCUT2D eigenvalue weighted by atomic mass is 10.1. The summed E-state index contributed by atoms with van der Waals surface area (Å²) in [6.45, 7) is 5.11. The van der Waals surface area contributed by atoms with Crippen molar-refractivity contribution < 1.29 is 33.9 Å². The van der Waals surface area contributed by atoms with Gasteiger partial charge in [-0.05, 0) is 11.0 Å². The minimum absolute atomic E-state index is 0.261. The molecule has 2 rings (SSSR count). The molecule has 112 valence electrons. The highest BCUT2D eigenvalue weighted by molar-refractivity contribution is 7.29. The molecule has 2 unspecified atom stereocenters. The number of unbranched alkanes of at least 4 members (excludes halogenated alkanes) is 1. The van der Waals surface area contributed by atoms with Crippen LogP contribution < -0.4 is 9.88 Å². The van der Waals surface area contributed by atoms with Crippen molar-refractivity contribution in [3.63, 3.8) is 0 Å². The van der Waals surface area contributed by atoms with Crippen LogP contribution in [0.25, 0.3) is 0 Å². The lowest BCUT2D eigenvalue weighted by molar-refractivity contribution is -0.389. The third-order valence-corrected chi connectivity index (χ3v) is 2.81. The van der Waals surface area contributed by atoms with Gasteiger partial charge in [-0.2, -0.15) is 4.89 Å². The Morgan fingerprint density at radius 3 is 2.90 bits per heavy atom. The van der Waals surface area contributed by atoms with Crippen molar-refractivity contribution in [2.45, 2.75) is 39.6 Å². The molecular weight excluding hydrogens is 285 g/mol. The molecule has 0 saturated heterocycles.